The second-order valence-corrected chi connectivity index (χ2v) is 7.58. The van der Waals surface area contributed by atoms with Crippen molar-refractivity contribution in [2.75, 3.05) is 27.7 Å². The fourth-order valence-corrected chi connectivity index (χ4v) is 4.15. The van der Waals surface area contributed by atoms with Crippen LogP contribution >= 0.6 is 0 Å². The molecular formula is C23H29NO3. The molecule has 2 aromatic carbocycles. The zero-order chi connectivity index (χ0) is 19.3. The van der Waals surface area contributed by atoms with Crippen molar-refractivity contribution in [1.29, 1.82) is 0 Å². The fraction of sp³-hybridized carbons (Fsp3) is 0.435. The van der Waals surface area contributed by atoms with E-state index in [0.717, 1.165) is 43.5 Å². The van der Waals surface area contributed by atoms with Gasteiger partial charge in [0.15, 0.2) is 0 Å². The Hall–Kier alpha value is -2.33. The van der Waals surface area contributed by atoms with Gasteiger partial charge in [0.1, 0.15) is 11.4 Å². The summed E-state index contributed by atoms with van der Waals surface area (Å²) in [7, 11) is 5.81. The van der Waals surface area contributed by atoms with Crippen LogP contribution in [0.4, 0.5) is 0 Å². The molecule has 1 saturated carbocycles. The van der Waals surface area contributed by atoms with E-state index in [4.69, 9.17) is 9.47 Å². The van der Waals surface area contributed by atoms with Crippen molar-refractivity contribution in [1.82, 2.24) is 4.90 Å². The van der Waals surface area contributed by atoms with Gasteiger partial charge in [0.2, 0.25) is 0 Å². The highest BCUT2D eigenvalue weighted by molar-refractivity contribution is 5.89. The second kappa shape index (κ2) is 8.57. The predicted octanol–water partition coefficient (Wildman–Crippen LogP) is 4.50. The van der Waals surface area contributed by atoms with E-state index in [9.17, 15) is 4.79 Å². The zero-order valence-corrected chi connectivity index (χ0v) is 16.5. The highest BCUT2D eigenvalue weighted by Crippen LogP contribution is 2.46. The van der Waals surface area contributed by atoms with Gasteiger partial charge in [-0.05, 0) is 63.2 Å². The lowest BCUT2D eigenvalue weighted by Gasteiger charge is -2.45. The van der Waals surface area contributed by atoms with Crippen LogP contribution in [0, 0.1) is 5.92 Å². The molecule has 1 fully saturated rings. The highest BCUT2D eigenvalue weighted by atomic mass is 16.6. The van der Waals surface area contributed by atoms with Gasteiger partial charge >= 0.3 is 5.97 Å². The molecule has 0 spiro atoms. The third-order valence-corrected chi connectivity index (χ3v) is 5.44. The lowest BCUT2D eigenvalue weighted by atomic mass is 9.71. The Morgan fingerprint density at radius 2 is 1.89 bits per heavy atom. The zero-order valence-electron chi connectivity index (χ0n) is 16.5. The summed E-state index contributed by atoms with van der Waals surface area (Å²) >= 11 is 0. The van der Waals surface area contributed by atoms with Crippen molar-refractivity contribution >= 4 is 5.97 Å². The molecule has 4 nitrogen and oxygen atoms in total. The van der Waals surface area contributed by atoms with Crippen molar-refractivity contribution in [3.8, 4) is 5.75 Å². The van der Waals surface area contributed by atoms with Crippen molar-refractivity contribution in [3.05, 3.63) is 65.7 Å². The van der Waals surface area contributed by atoms with Crippen molar-refractivity contribution < 1.29 is 14.3 Å². The summed E-state index contributed by atoms with van der Waals surface area (Å²) in [6.07, 6.45) is 4.07. The molecule has 2 unspecified atom stereocenters. The second-order valence-electron chi connectivity index (χ2n) is 7.58. The average molecular weight is 367 g/mol. The first kappa shape index (κ1) is 19.4. The first-order valence-electron chi connectivity index (χ1n) is 9.63. The molecule has 0 N–H and O–H groups in total. The van der Waals surface area contributed by atoms with Crippen molar-refractivity contribution in [2.45, 2.75) is 31.3 Å². The third kappa shape index (κ3) is 4.33. The number of esters is 1. The molecule has 0 aliphatic heterocycles. The third-order valence-electron chi connectivity index (χ3n) is 5.44. The SMILES string of the molecule is COc1cccc(C2(OC(=O)c3ccccc3)CCCCC2CN(C)C)c1. The molecule has 0 bridgehead atoms. The number of hydrogen-bond acceptors (Lipinski definition) is 4. The number of hydrogen-bond donors (Lipinski definition) is 0. The molecule has 0 saturated heterocycles. The van der Waals surface area contributed by atoms with E-state index in [1.807, 2.05) is 48.5 Å². The lowest BCUT2D eigenvalue weighted by molar-refractivity contribution is -0.0826. The number of methoxy groups -OCH3 is 1. The maximum Gasteiger partial charge on any atom is 0.339 e. The molecule has 144 valence electrons. The number of benzene rings is 2. The standard InChI is InChI=1S/C23H29NO3/c1-24(2)17-20-12-7-8-15-23(20,19-13-9-14-21(16-19)26-3)27-22(25)18-10-5-4-6-11-18/h4-6,9-11,13-14,16,20H,7-8,12,15,17H2,1-3H3. The summed E-state index contributed by atoms with van der Waals surface area (Å²) in [5.41, 5.74) is 0.982. The molecule has 1 aliphatic carbocycles. The van der Waals surface area contributed by atoms with Crippen LogP contribution < -0.4 is 4.74 Å². The number of ether oxygens (including phenoxy) is 2. The molecule has 0 heterocycles. The van der Waals surface area contributed by atoms with Gasteiger partial charge in [-0.2, -0.15) is 0 Å². The number of carbonyl (C=O) groups excluding carboxylic acids is 1. The van der Waals surface area contributed by atoms with Crippen molar-refractivity contribution in [3.63, 3.8) is 0 Å². The molecule has 4 heteroatoms. The molecular weight excluding hydrogens is 338 g/mol. The van der Waals surface area contributed by atoms with E-state index in [2.05, 4.69) is 25.1 Å². The van der Waals surface area contributed by atoms with Gasteiger partial charge in [-0.25, -0.2) is 4.79 Å². The smallest absolute Gasteiger partial charge is 0.339 e. The Morgan fingerprint density at radius 3 is 2.59 bits per heavy atom. The van der Waals surface area contributed by atoms with Gasteiger partial charge in [-0.3, -0.25) is 0 Å². The number of rotatable bonds is 6. The number of nitrogens with zero attached hydrogens (tertiary/aromatic N) is 1. The van der Waals surface area contributed by atoms with E-state index in [1.165, 1.54) is 0 Å². The first-order chi connectivity index (χ1) is 13.0. The minimum atomic E-state index is -0.635. The molecule has 0 aromatic heterocycles. The Balaban J connectivity index is 2.02. The monoisotopic (exact) mass is 367 g/mol. The van der Waals surface area contributed by atoms with Crippen LogP contribution in [0.25, 0.3) is 0 Å². The summed E-state index contributed by atoms with van der Waals surface area (Å²) < 4.78 is 11.8. The summed E-state index contributed by atoms with van der Waals surface area (Å²) in [5, 5.41) is 0. The van der Waals surface area contributed by atoms with Gasteiger partial charge in [0.25, 0.3) is 0 Å². The van der Waals surface area contributed by atoms with Crippen molar-refractivity contribution in [2.24, 2.45) is 5.92 Å². The Kier molecular flexibility index (Phi) is 6.17. The van der Waals surface area contributed by atoms with Gasteiger partial charge in [0, 0.05) is 12.5 Å². The topological polar surface area (TPSA) is 38.8 Å². The van der Waals surface area contributed by atoms with E-state index in [1.54, 1.807) is 7.11 Å². The summed E-state index contributed by atoms with van der Waals surface area (Å²) in [4.78, 5) is 15.2. The van der Waals surface area contributed by atoms with Gasteiger partial charge in [-0.1, -0.05) is 36.8 Å². The predicted molar refractivity (Wildman–Crippen MR) is 107 cm³/mol. The summed E-state index contributed by atoms with van der Waals surface area (Å²) in [6, 6.07) is 17.3. The highest BCUT2D eigenvalue weighted by Gasteiger charge is 2.46. The Morgan fingerprint density at radius 1 is 1.11 bits per heavy atom. The molecule has 0 amide bonds. The quantitative estimate of drug-likeness (QED) is 0.705. The molecule has 2 aromatic rings. The van der Waals surface area contributed by atoms with Crippen LogP contribution in [0.3, 0.4) is 0 Å². The molecule has 27 heavy (non-hydrogen) atoms. The first-order valence-corrected chi connectivity index (χ1v) is 9.63. The van der Waals surface area contributed by atoms with Crippen LogP contribution in [0.2, 0.25) is 0 Å². The van der Waals surface area contributed by atoms with Gasteiger partial charge in [0.05, 0.1) is 12.7 Å². The van der Waals surface area contributed by atoms with E-state index in [-0.39, 0.29) is 11.9 Å². The normalized spacial score (nSPS) is 22.4. The minimum Gasteiger partial charge on any atom is -0.497 e. The fourth-order valence-electron chi connectivity index (χ4n) is 4.15. The van der Waals surface area contributed by atoms with Crippen LogP contribution in [-0.2, 0) is 10.3 Å². The average Bonchev–Trinajstić information content (AvgIpc) is 2.70. The molecule has 0 radical (unpaired) electrons. The lowest BCUT2D eigenvalue weighted by Crippen LogP contribution is -2.46. The summed E-state index contributed by atoms with van der Waals surface area (Å²) in [6.45, 7) is 0.874. The van der Waals surface area contributed by atoms with Crippen LogP contribution in [0.1, 0.15) is 41.6 Å². The minimum absolute atomic E-state index is 0.237. The van der Waals surface area contributed by atoms with E-state index in [0.29, 0.717) is 5.56 Å². The van der Waals surface area contributed by atoms with Crippen LogP contribution in [-0.4, -0.2) is 38.6 Å². The molecule has 3 rings (SSSR count). The number of carbonyl (C=O) groups is 1. The Bertz CT molecular complexity index is 759. The largest absolute Gasteiger partial charge is 0.497 e. The molecule has 2 atom stereocenters. The molecule has 1 aliphatic rings. The van der Waals surface area contributed by atoms with Crippen LogP contribution in [0.15, 0.2) is 54.6 Å². The van der Waals surface area contributed by atoms with Gasteiger partial charge in [-0.15, -0.1) is 0 Å². The Labute approximate surface area is 162 Å². The van der Waals surface area contributed by atoms with E-state index < -0.39 is 5.60 Å². The van der Waals surface area contributed by atoms with Gasteiger partial charge < -0.3 is 14.4 Å². The van der Waals surface area contributed by atoms with E-state index >= 15 is 0 Å². The maximum atomic E-state index is 13.0. The maximum absolute atomic E-state index is 13.0. The summed E-state index contributed by atoms with van der Waals surface area (Å²) in [5.74, 6) is 0.766. The van der Waals surface area contributed by atoms with Crippen LogP contribution in [0.5, 0.6) is 5.75 Å².